The summed E-state index contributed by atoms with van der Waals surface area (Å²) in [5.74, 6) is -0.0538. The minimum atomic E-state index is -0.0538. The highest BCUT2D eigenvalue weighted by Crippen LogP contribution is 2.22. The number of hydrogen-bond acceptors (Lipinski definition) is 3. The fraction of sp³-hybridized carbons (Fsp3) is 0.375. The van der Waals surface area contributed by atoms with Crippen LogP contribution in [0.1, 0.15) is 29.4 Å². The molecule has 1 aromatic carbocycles. The van der Waals surface area contributed by atoms with E-state index in [9.17, 15) is 4.79 Å². The maximum absolute atomic E-state index is 12.4. The Labute approximate surface area is 157 Å². The maximum Gasteiger partial charge on any atom is 0.252 e. The second-order valence-electron chi connectivity index (χ2n) is 4.98. The van der Waals surface area contributed by atoms with Gasteiger partial charge in [-0.2, -0.15) is 0 Å². The molecular formula is C16H22BrCl2N3O. The molecule has 1 amide bonds. The lowest BCUT2D eigenvalue weighted by molar-refractivity contribution is 0.0955. The molecular weight excluding hydrogens is 401 g/mol. The van der Waals surface area contributed by atoms with E-state index in [2.05, 4.69) is 38.5 Å². The first-order chi connectivity index (χ1) is 10.1. The average Bonchev–Trinajstić information content (AvgIpc) is 2.46. The van der Waals surface area contributed by atoms with Gasteiger partial charge in [-0.3, -0.25) is 9.78 Å². The van der Waals surface area contributed by atoms with E-state index in [1.807, 2.05) is 31.2 Å². The number of aromatic nitrogens is 1. The third-order valence-electron chi connectivity index (χ3n) is 3.16. The van der Waals surface area contributed by atoms with Crippen LogP contribution in [-0.4, -0.2) is 30.5 Å². The van der Waals surface area contributed by atoms with Crippen LogP contribution in [0.25, 0.3) is 10.9 Å². The fourth-order valence-electron chi connectivity index (χ4n) is 2.18. The lowest BCUT2D eigenvalue weighted by atomic mass is 10.1. The van der Waals surface area contributed by atoms with Gasteiger partial charge in [-0.25, -0.2) is 0 Å². The standard InChI is InChI=1S/C16H20BrN3O.2ClH/c1-3-6-18-7-8-19-16(21)14-9-11(2)20-15-5-4-12(17)10-13(14)15;;/h4-5,9-10,18H,3,6-8H2,1-2H3,(H,19,21);2*1H. The number of aryl methyl sites for hydroxylation is 1. The van der Waals surface area contributed by atoms with Crippen LogP contribution >= 0.6 is 40.7 Å². The summed E-state index contributed by atoms with van der Waals surface area (Å²) in [7, 11) is 0. The van der Waals surface area contributed by atoms with Crippen LogP contribution in [0.15, 0.2) is 28.7 Å². The minimum Gasteiger partial charge on any atom is -0.351 e. The van der Waals surface area contributed by atoms with E-state index < -0.39 is 0 Å². The fourth-order valence-corrected chi connectivity index (χ4v) is 2.54. The molecule has 0 fully saturated rings. The van der Waals surface area contributed by atoms with Gasteiger partial charge in [0, 0.05) is 28.6 Å². The number of hydrogen-bond donors (Lipinski definition) is 2. The van der Waals surface area contributed by atoms with E-state index in [0.29, 0.717) is 12.1 Å². The molecule has 0 aliphatic carbocycles. The van der Waals surface area contributed by atoms with Gasteiger partial charge in [0.2, 0.25) is 0 Å². The van der Waals surface area contributed by atoms with Crippen molar-refractivity contribution in [3.63, 3.8) is 0 Å². The Hall–Kier alpha value is -0.880. The maximum atomic E-state index is 12.4. The molecule has 0 spiro atoms. The molecule has 128 valence electrons. The van der Waals surface area contributed by atoms with Gasteiger partial charge in [-0.15, -0.1) is 24.8 Å². The van der Waals surface area contributed by atoms with Crippen molar-refractivity contribution in [2.24, 2.45) is 0 Å². The third-order valence-corrected chi connectivity index (χ3v) is 3.65. The molecule has 0 saturated heterocycles. The number of nitrogens with one attached hydrogen (secondary N) is 2. The van der Waals surface area contributed by atoms with Crippen molar-refractivity contribution in [1.82, 2.24) is 15.6 Å². The molecule has 0 atom stereocenters. The number of rotatable bonds is 6. The predicted molar refractivity (Wildman–Crippen MR) is 104 cm³/mol. The van der Waals surface area contributed by atoms with E-state index in [0.717, 1.165) is 40.6 Å². The zero-order chi connectivity index (χ0) is 15.2. The van der Waals surface area contributed by atoms with Gasteiger partial charge in [0.25, 0.3) is 5.91 Å². The van der Waals surface area contributed by atoms with E-state index in [1.165, 1.54) is 0 Å². The van der Waals surface area contributed by atoms with Crippen molar-refractivity contribution in [3.05, 3.63) is 40.0 Å². The van der Waals surface area contributed by atoms with Crippen molar-refractivity contribution in [2.45, 2.75) is 20.3 Å². The lowest BCUT2D eigenvalue weighted by Crippen LogP contribution is -2.32. The van der Waals surface area contributed by atoms with Gasteiger partial charge < -0.3 is 10.6 Å². The van der Waals surface area contributed by atoms with Crippen molar-refractivity contribution < 1.29 is 4.79 Å². The van der Waals surface area contributed by atoms with Crippen LogP contribution in [0.2, 0.25) is 0 Å². The second-order valence-corrected chi connectivity index (χ2v) is 5.89. The number of halogens is 3. The first kappa shape index (κ1) is 22.1. The average molecular weight is 423 g/mol. The zero-order valence-electron chi connectivity index (χ0n) is 13.2. The van der Waals surface area contributed by atoms with Crippen LogP contribution in [0.5, 0.6) is 0 Å². The Morgan fingerprint density at radius 1 is 1.17 bits per heavy atom. The summed E-state index contributed by atoms with van der Waals surface area (Å²) in [4.78, 5) is 16.8. The summed E-state index contributed by atoms with van der Waals surface area (Å²) >= 11 is 3.45. The summed E-state index contributed by atoms with van der Waals surface area (Å²) in [5.41, 5.74) is 2.36. The lowest BCUT2D eigenvalue weighted by Gasteiger charge is -2.10. The zero-order valence-corrected chi connectivity index (χ0v) is 16.4. The number of benzene rings is 1. The molecule has 23 heavy (non-hydrogen) atoms. The van der Waals surface area contributed by atoms with Crippen LogP contribution < -0.4 is 10.6 Å². The Balaban J connectivity index is 0.00000242. The number of amides is 1. The molecule has 1 heterocycles. The van der Waals surface area contributed by atoms with Crippen LogP contribution in [0.3, 0.4) is 0 Å². The summed E-state index contributed by atoms with van der Waals surface area (Å²) in [5, 5.41) is 7.09. The van der Waals surface area contributed by atoms with E-state index in [4.69, 9.17) is 0 Å². The number of pyridine rings is 1. The molecule has 0 saturated carbocycles. The smallest absolute Gasteiger partial charge is 0.252 e. The third kappa shape index (κ3) is 6.26. The molecule has 0 bridgehead atoms. The predicted octanol–water partition coefficient (Wildman–Crippen LogP) is 3.88. The Morgan fingerprint density at radius 3 is 2.61 bits per heavy atom. The molecule has 4 nitrogen and oxygen atoms in total. The summed E-state index contributed by atoms with van der Waals surface area (Å²) in [6.45, 7) is 6.40. The van der Waals surface area contributed by atoms with Crippen molar-refractivity contribution in [2.75, 3.05) is 19.6 Å². The summed E-state index contributed by atoms with van der Waals surface area (Å²) in [6.07, 6.45) is 1.09. The van der Waals surface area contributed by atoms with Gasteiger partial charge in [-0.05, 0) is 44.2 Å². The van der Waals surface area contributed by atoms with Crippen molar-refractivity contribution >= 4 is 57.6 Å². The largest absolute Gasteiger partial charge is 0.351 e. The molecule has 7 heteroatoms. The minimum absolute atomic E-state index is 0. The van der Waals surface area contributed by atoms with E-state index in [-0.39, 0.29) is 30.7 Å². The molecule has 2 aromatic rings. The van der Waals surface area contributed by atoms with Crippen molar-refractivity contribution in [3.8, 4) is 0 Å². The van der Waals surface area contributed by atoms with Crippen LogP contribution in [0, 0.1) is 6.92 Å². The normalized spacial score (nSPS) is 9.87. The SMILES string of the molecule is CCCNCCNC(=O)c1cc(C)nc2ccc(Br)cc12.Cl.Cl. The van der Waals surface area contributed by atoms with Crippen molar-refractivity contribution in [1.29, 1.82) is 0 Å². The van der Waals surface area contributed by atoms with Gasteiger partial charge >= 0.3 is 0 Å². The summed E-state index contributed by atoms with van der Waals surface area (Å²) in [6, 6.07) is 7.63. The molecule has 2 N–H and O–H groups in total. The molecule has 0 radical (unpaired) electrons. The topological polar surface area (TPSA) is 54.0 Å². The number of carbonyl (C=O) groups excluding carboxylic acids is 1. The molecule has 2 rings (SSSR count). The first-order valence-electron chi connectivity index (χ1n) is 7.17. The number of carbonyl (C=O) groups is 1. The van der Waals surface area contributed by atoms with Crippen LogP contribution in [-0.2, 0) is 0 Å². The quantitative estimate of drug-likeness (QED) is 0.694. The van der Waals surface area contributed by atoms with Gasteiger partial charge in [0.15, 0.2) is 0 Å². The van der Waals surface area contributed by atoms with E-state index >= 15 is 0 Å². The Bertz CT molecular complexity index is 653. The Morgan fingerprint density at radius 2 is 1.91 bits per heavy atom. The van der Waals surface area contributed by atoms with Crippen LogP contribution in [0.4, 0.5) is 0 Å². The number of fused-ring (bicyclic) bond motifs is 1. The molecule has 0 aliphatic heterocycles. The molecule has 1 aromatic heterocycles. The molecule has 0 unspecified atom stereocenters. The van der Waals surface area contributed by atoms with Gasteiger partial charge in [-0.1, -0.05) is 22.9 Å². The summed E-state index contributed by atoms with van der Waals surface area (Å²) < 4.78 is 0.944. The van der Waals surface area contributed by atoms with E-state index in [1.54, 1.807) is 0 Å². The van der Waals surface area contributed by atoms with Gasteiger partial charge in [0.05, 0.1) is 11.1 Å². The highest BCUT2D eigenvalue weighted by Gasteiger charge is 2.11. The monoisotopic (exact) mass is 421 g/mol. The first-order valence-corrected chi connectivity index (χ1v) is 7.97. The van der Waals surface area contributed by atoms with Gasteiger partial charge in [0.1, 0.15) is 0 Å². The number of nitrogens with zero attached hydrogens (tertiary/aromatic N) is 1. The Kier molecular flexibility index (Phi) is 10.4. The molecule has 0 aliphatic rings. The highest BCUT2D eigenvalue weighted by molar-refractivity contribution is 9.10. The second kappa shape index (κ2) is 10.8. The highest BCUT2D eigenvalue weighted by atomic mass is 79.9.